The van der Waals surface area contributed by atoms with E-state index in [0.717, 1.165) is 0 Å². The van der Waals surface area contributed by atoms with Crippen LogP contribution in [0.2, 0.25) is 0 Å². The van der Waals surface area contributed by atoms with Gasteiger partial charge in [-0.1, -0.05) is 15.9 Å². The minimum atomic E-state index is -5.25. The lowest BCUT2D eigenvalue weighted by Crippen LogP contribution is -2.19. The van der Waals surface area contributed by atoms with Gasteiger partial charge in [-0.3, -0.25) is 0 Å². The number of aromatic nitrogens is 1. The van der Waals surface area contributed by atoms with Crippen molar-refractivity contribution in [3.63, 3.8) is 0 Å². The predicted octanol–water partition coefficient (Wildman–Crippen LogP) is 3.60. The number of nitrogens with zero attached hydrogens (tertiary/aromatic N) is 1. The Morgan fingerprint density at radius 2 is 1.78 bits per heavy atom. The number of halogens is 7. The van der Waals surface area contributed by atoms with Crippen LogP contribution < -0.4 is 4.74 Å². The molecule has 0 unspecified atom stereocenters. The second kappa shape index (κ2) is 4.82. The fourth-order valence-corrected chi connectivity index (χ4v) is 1.42. The molecule has 102 valence electrons. The van der Waals surface area contributed by atoms with Gasteiger partial charge in [-0.15, -0.1) is 13.2 Å². The second-order valence-corrected chi connectivity index (χ2v) is 3.56. The molecule has 0 amide bonds. The highest BCUT2D eigenvalue weighted by Crippen LogP contribution is 2.38. The van der Waals surface area contributed by atoms with Gasteiger partial charge in [-0.2, -0.15) is 13.2 Å². The molecule has 1 N–H and O–H groups in total. The van der Waals surface area contributed by atoms with Crippen molar-refractivity contribution < 1.29 is 36.2 Å². The maximum Gasteiger partial charge on any atom is 0.574 e. The Hall–Kier alpha value is -1.19. The van der Waals surface area contributed by atoms with Crippen LogP contribution in [0.5, 0.6) is 11.6 Å². The maximum atomic E-state index is 12.4. The quantitative estimate of drug-likeness (QED) is 0.661. The largest absolute Gasteiger partial charge is 0.574 e. The van der Waals surface area contributed by atoms with Gasteiger partial charge in [0, 0.05) is 10.9 Å². The zero-order valence-corrected chi connectivity index (χ0v) is 9.82. The summed E-state index contributed by atoms with van der Waals surface area (Å²) in [7, 11) is 0. The molecule has 3 nitrogen and oxygen atoms in total. The van der Waals surface area contributed by atoms with Crippen molar-refractivity contribution in [1.82, 2.24) is 4.98 Å². The van der Waals surface area contributed by atoms with E-state index in [-0.39, 0.29) is 5.33 Å². The standard InChI is InChI=1S/C8H4BrF6NO2/c9-2-3-1-4(7(10,11)12)16-6(5(3)17)18-8(13,14)15/h1,17H,2H2. The van der Waals surface area contributed by atoms with E-state index in [0.29, 0.717) is 6.07 Å². The molecule has 0 aliphatic carbocycles. The van der Waals surface area contributed by atoms with Crippen LogP contribution >= 0.6 is 15.9 Å². The van der Waals surface area contributed by atoms with Gasteiger partial charge in [0.2, 0.25) is 0 Å². The molecule has 1 aromatic rings. The van der Waals surface area contributed by atoms with Crippen molar-refractivity contribution in [2.75, 3.05) is 0 Å². The van der Waals surface area contributed by atoms with Crippen molar-refractivity contribution in [2.24, 2.45) is 0 Å². The molecule has 0 aliphatic rings. The monoisotopic (exact) mass is 339 g/mol. The maximum absolute atomic E-state index is 12.4. The zero-order chi connectivity index (χ0) is 14.1. The van der Waals surface area contributed by atoms with Gasteiger partial charge in [0.25, 0.3) is 5.88 Å². The third kappa shape index (κ3) is 3.65. The Morgan fingerprint density at radius 1 is 1.22 bits per heavy atom. The van der Waals surface area contributed by atoms with E-state index in [9.17, 15) is 31.4 Å². The second-order valence-electron chi connectivity index (χ2n) is 3.00. The molecule has 0 atom stereocenters. The van der Waals surface area contributed by atoms with Crippen molar-refractivity contribution >= 4 is 15.9 Å². The van der Waals surface area contributed by atoms with E-state index < -0.39 is 35.4 Å². The Balaban J connectivity index is 3.32. The molecule has 1 heterocycles. The Bertz CT molecular complexity index is 444. The van der Waals surface area contributed by atoms with E-state index in [1.807, 2.05) is 0 Å². The molecule has 0 bridgehead atoms. The van der Waals surface area contributed by atoms with Crippen LogP contribution in [-0.4, -0.2) is 16.5 Å². The van der Waals surface area contributed by atoms with Gasteiger partial charge in [0.1, 0.15) is 5.69 Å². The van der Waals surface area contributed by atoms with Crippen LogP contribution in [0.4, 0.5) is 26.3 Å². The summed E-state index contributed by atoms with van der Waals surface area (Å²) in [5.41, 5.74) is -2.01. The van der Waals surface area contributed by atoms with Crippen LogP contribution in [0.3, 0.4) is 0 Å². The SMILES string of the molecule is Oc1c(CBr)cc(C(F)(F)F)nc1OC(F)(F)F. The van der Waals surface area contributed by atoms with Crippen LogP contribution in [0.1, 0.15) is 11.3 Å². The molecule has 1 rings (SSSR count). The fourth-order valence-electron chi connectivity index (χ4n) is 0.993. The number of rotatable bonds is 2. The minimum Gasteiger partial charge on any atom is -0.503 e. The molecule has 0 aromatic carbocycles. The van der Waals surface area contributed by atoms with Crippen molar-refractivity contribution in [1.29, 1.82) is 0 Å². The summed E-state index contributed by atoms with van der Waals surface area (Å²) in [6, 6.07) is 0.424. The normalized spacial score (nSPS) is 12.6. The molecule has 0 spiro atoms. The molecular formula is C8H4BrF6NO2. The van der Waals surface area contributed by atoms with Crippen LogP contribution in [-0.2, 0) is 11.5 Å². The summed E-state index contributed by atoms with van der Waals surface area (Å²) in [5.74, 6) is -2.64. The summed E-state index contributed by atoms with van der Waals surface area (Å²) >= 11 is 2.73. The average molecular weight is 340 g/mol. The molecule has 0 saturated carbocycles. The first-order valence-corrected chi connectivity index (χ1v) is 5.28. The summed E-state index contributed by atoms with van der Waals surface area (Å²) in [6.07, 6.45) is -10.2. The molecule has 18 heavy (non-hydrogen) atoms. The molecular weight excluding hydrogens is 336 g/mol. The smallest absolute Gasteiger partial charge is 0.503 e. The number of hydrogen-bond acceptors (Lipinski definition) is 3. The molecule has 0 radical (unpaired) electrons. The predicted molar refractivity (Wildman–Crippen MR) is 50.2 cm³/mol. The summed E-state index contributed by atoms with van der Waals surface area (Å²) in [6.45, 7) is 0. The topological polar surface area (TPSA) is 42.4 Å². The lowest BCUT2D eigenvalue weighted by atomic mass is 10.2. The highest BCUT2D eigenvalue weighted by molar-refractivity contribution is 9.08. The number of alkyl halides is 7. The fraction of sp³-hybridized carbons (Fsp3) is 0.375. The van der Waals surface area contributed by atoms with Crippen LogP contribution in [0, 0.1) is 0 Å². The lowest BCUT2D eigenvalue weighted by Gasteiger charge is -2.14. The first kappa shape index (κ1) is 14.9. The van der Waals surface area contributed by atoms with Crippen LogP contribution in [0.15, 0.2) is 6.07 Å². The van der Waals surface area contributed by atoms with E-state index in [1.54, 1.807) is 0 Å². The number of pyridine rings is 1. The van der Waals surface area contributed by atoms with Gasteiger partial charge in [-0.25, -0.2) is 4.98 Å². The molecule has 0 saturated heterocycles. The Kier molecular flexibility index (Phi) is 3.99. The van der Waals surface area contributed by atoms with Crippen molar-refractivity contribution in [3.05, 3.63) is 17.3 Å². The highest BCUT2D eigenvalue weighted by Gasteiger charge is 2.38. The zero-order valence-electron chi connectivity index (χ0n) is 8.23. The van der Waals surface area contributed by atoms with Crippen LogP contribution in [0.25, 0.3) is 0 Å². The third-order valence-electron chi connectivity index (χ3n) is 1.69. The molecule has 10 heteroatoms. The highest BCUT2D eigenvalue weighted by atomic mass is 79.9. The third-order valence-corrected chi connectivity index (χ3v) is 2.29. The van der Waals surface area contributed by atoms with E-state index in [1.165, 1.54) is 0 Å². The first-order chi connectivity index (χ1) is 8.04. The molecule has 0 fully saturated rings. The van der Waals surface area contributed by atoms with Gasteiger partial charge < -0.3 is 9.84 Å². The minimum absolute atomic E-state index is 0.293. The number of ether oxygens (including phenoxy) is 1. The van der Waals surface area contributed by atoms with Gasteiger partial charge in [0.05, 0.1) is 0 Å². The van der Waals surface area contributed by atoms with Gasteiger partial charge >= 0.3 is 12.5 Å². The van der Waals surface area contributed by atoms with E-state index >= 15 is 0 Å². The molecule has 1 aromatic heterocycles. The Labute approximate surface area is 105 Å². The lowest BCUT2D eigenvalue weighted by molar-refractivity contribution is -0.277. The Morgan fingerprint density at radius 3 is 2.17 bits per heavy atom. The van der Waals surface area contributed by atoms with Crippen molar-refractivity contribution in [3.8, 4) is 11.6 Å². The average Bonchev–Trinajstić information content (AvgIpc) is 2.17. The summed E-state index contributed by atoms with van der Waals surface area (Å²) in [5, 5.41) is 8.96. The van der Waals surface area contributed by atoms with Gasteiger partial charge in [0.15, 0.2) is 5.75 Å². The first-order valence-electron chi connectivity index (χ1n) is 4.16. The number of hydrogen-bond donors (Lipinski definition) is 1. The van der Waals surface area contributed by atoms with Gasteiger partial charge in [-0.05, 0) is 6.07 Å². The van der Waals surface area contributed by atoms with Crippen molar-refractivity contribution in [2.45, 2.75) is 17.9 Å². The van der Waals surface area contributed by atoms with E-state index in [2.05, 4.69) is 25.7 Å². The van der Waals surface area contributed by atoms with E-state index in [4.69, 9.17) is 0 Å². The number of aromatic hydroxyl groups is 1. The summed E-state index contributed by atoms with van der Waals surface area (Å²) < 4.78 is 76.0. The summed E-state index contributed by atoms with van der Waals surface area (Å²) in [4.78, 5) is 2.60. The molecule has 0 aliphatic heterocycles.